The molecule has 0 aliphatic rings. The topological polar surface area (TPSA) is 47.3 Å². The van der Waals surface area contributed by atoms with Crippen LogP contribution in [-0.4, -0.2) is 27.9 Å². The fourth-order valence-electron chi connectivity index (χ4n) is 1.75. The molecule has 0 radical (unpaired) electrons. The van der Waals surface area contributed by atoms with E-state index in [-0.39, 0.29) is 6.61 Å². The van der Waals surface area contributed by atoms with Crippen molar-refractivity contribution in [2.75, 3.05) is 13.2 Å². The van der Waals surface area contributed by atoms with E-state index in [0.29, 0.717) is 13.0 Å². The Labute approximate surface area is 119 Å². The number of aromatic nitrogens is 2. The van der Waals surface area contributed by atoms with E-state index in [1.165, 1.54) is 0 Å². The summed E-state index contributed by atoms with van der Waals surface area (Å²) >= 11 is 0. The van der Waals surface area contributed by atoms with Crippen LogP contribution >= 0.6 is 0 Å². The Balaban J connectivity index is 1.82. The molecule has 1 N–H and O–H groups in total. The number of nitrogens with zero attached hydrogens (tertiary/aromatic N) is 2. The number of aryl methyl sites for hydroxylation is 1. The summed E-state index contributed by atoms with van der Waals surface area (Å²) in [7, 11) is 1.97. The van der Waals surface area contributed by atoms with E-state index in [1.54, 1.807) is 6.20 Å². The van der Waals surface area contributed by atoms with Crippen LogP contribution in [0.2, 0.25) is 0 Å². The van der Waals surface area contributed by atoms with Gasteiger partial charge < -0.3 is 14.4 Å². The predicted octanol–water partition coefficient (Wildman–Crippen LogP) is 1.78. The molecule has 1 heterocycles. The Bertz CT molecular complexity index is 591. The molecule has 0 bridgehead atoms. The second kappa shape index (κ2) is 7.37. The van der Waals surface area contributed by atoms with Crippen LogP contribution in [0.1, 0.15) is 17.8 Å². The zero-order valence-corrected chi connectivity index (χ0v) is 11.5. The van der Waals surface area contributed by atoms with Crippen LogP contribution < -0.4 is 4.74 Å². The Morgan fingerprint density at radius 3 is 2.75 bits per heavy atom. The standard InChI is InChI=1S/C16H18N2O2/c1-18-11-10-17-16(18)9-13-20-15-7-5-14(6-8-15)4-2-3-12-19/h5-8,10-11,19H,3,9,12-13H2,1H3. The largest absolute Gasteiger partial charge is 0.493 e. The van der Waals surface area contributed by atoms with E-state index >= 15 is 0 Å². The lowest BCUT2D eigenvalue weighted by Gasteiger charge is -2.06. The molecule has 4 nitrogen and oxygen atoms in total. The maximum atomic E-state index is 8.65. The number of aliphatic hydroxyl groups excluding tert-OH is 1. The summed E-state index contributed by atoms with van der Waals surface area (Å²) < 4.78 is 7.66. The molecule has 0 aliphatic carbocycles. The highest BCUT2D eigenvalue weighted by atomic mass is 16.5. The number of hydrogen-bond acceptors (Lipinski definition) is 3. The van der Waals surface area contributed by atoms with E-state index in [4.69, 9.17) is 9.84 Å². The number of rotatable bonds is 5. The van der Waals surface area contributed by atoms with Gasteiger partial charge in [-0.25, -0.2) is 4.98 Å². The lowest BCUT2D eigenvalue weighted by atomic mass is 10.2. The number of hydrogen-bond donors (Lipinski definition) is 1. The van der Waals surface area contributed by atoms with Gasteiger partial charge in [0.1, 0.15) is 11.6 Å². The van der Waals surface area contributed by atoms with E-state index in [2.05, 4.69) is 16.8 Å². The molecular weight excluding hydrogens is 252 g/mol. The van der Waals surface area contributed by atoms with Gasteiger partial charge in [0.25, 0.3) is 0 Å². The van der Waals surface area contributed by atoms with Gasteiger partial charge in [-0.3, -0.25) is 0 Å². The summed E-state index contributed by atoms with van der Waals surface area (Å²) in [6.07, 6.45) is 4.99. The molecule has 0 spiro atoms. The Morgan fingerprint density at radius 1 is 1.30 bits per heavy atom. The molecular formula is C16H18N2O2. The first-order valence-corrected chi connectivity index (χ1v) is 6.58. The normalized spacial score (nSPS) is 9.90. The van der Waals surface area contributed by atoms with Crippen molar-refractivity contribution >= 4 is 0 Å². The average molecular weight is 270 g/mol. The molecule has 0 atom stereocenters. The fraction of sp³-hybridized carbons (Fsp3) is 0.312. The van der Waals surface area contributed by atoms with Crippen molar-refractivity contribution < 1.29 is 9.84 Å². The number of aliphatic hydroxyl groups is 1. The summed E-state index contributed by atoms with van der Waals surface area (Å²) in [5, 5.41) is 8.65. The summed E-state index contributed by atoms with van der Waals surface area (Å²) in [5.74, 6) is 7.70. The molecule has 2 rings (SSSR count). The molecule has 0 aliphatic heterocycles. The maximum Gasteiger partial charge on any atom is 0.119 e. The van der Waals surface area contributed by atoms with Crippen molar-refractivity contribution in [3.05, 3.63) is 48.0 Å². The lowest BCUT2D eigenvalue weighted by molar-refractivity contribution is 0.305. The number of benzene rings is 1. The van der Waals surface area contributed by atoms with E-state index in [9.17, 15) is 0 Å². The average Bonchev–Trinajstić information content (AvgIpc) is 2.87. The molecule has 20 heavy (non-hydrogen) atoms. The minimum absolute atomic E-state index is 0.0986. The van der Waals surface area contributed by atoms with Gasteiger partial charge in [-0.1, -0.05) is 11.8 Å². The van der Waals surface area contributed by atoms with Crippen LogP contribution in [0.25, 0.3) is 0 Å². The van der Waals surface area contributed by atoms with Crippen molar-refractivity contribution in [1.82, 2.24) is 9.55 Å². The zero-order valence-electron chi connectivity index (χ0n) is 11.5. The molecule has 1 aromatic carbocycles. The molecule has 0 saturated carbocycles. The van der Waals surface area contributed by atoms with Crippen LogP contribution in [0.3, 0.4) is 0 Å². The van der Waals surface area contributed by atoms with Gasteiger partial charge >= 0.3 is 0 Å². The van der Waals surface area contributed by atoms with Crippen molar-refractivity contribution in [2.45, 2.75) is 12.8 Å². The Hall–Kier alpha value is -2.25. The molecule has 4 heteroatoms. The fourth-order valence-corrected chi connectivity index (χ4v) is 1.75. The molecule has 1 aromatic heterocycles. The minimum Gasteiger partial charge on any atom is -0.493 e. The van der Waals surface area contributed by atoms with Crippen LogP contribution in [0.15, 0.2) is 36.7 Å². The predicted molar refractivity (Wildman–Crippen MR) is 77.4 cm³/mol. The molecule has 0 unspecified atom stereocenters. The smallest absolute Gasteiger partial charge is 0.119 e. The molecule has 2 aromatic rings. The first-order valence-electron chi connectivity index (χ1n) is 6.58. The highest BCUT2D eigenvalue weighted by Crippen LogP contribution is 2.12. The van der Waals surface area contributed by atoms with Crippen molar-refractivity contribution in [3.63, 3.8) is 0 Å². The first-order chi connectivity index (χ1) is 9.79. The van der Waals surface area contributed by atoms with Gasteiger partial charge in [0.2, 0.25) is 0 Å². The maximum absolute atomic E-state index is 8.65. The van der Waals surface area contributed by atoms with Crippen molar-refractivity contribution in [1.29, 1.82) is 0 Å². The zero-order chi connectivity index (χ0) is 14.2. The van der Waals surface area contributed by atoms with Gasteiger partial charge in [-0.05, 0) is 24.3 Å². The van der Waals surface area contributed by atoms with Gasteiger partial charge in [-0.15, -0.1) is 0 Å². The lowest BCUT2D eigenvalue weighted by Crippen LogP contribution is -2.06. The third-order valence-electron chi connectivity index (χ3n) is 2.84. The van der Waals surface area contributed by atoms with Gasteiger partial charge in [0, 0.05) is 37.8 Å². The minimum atomic E-state index is 0.0986. The highest BCUT2D eigenvalue weighted by molar-refractivity contribution is 5.38. The summed E-state index contributed by atoms with van der Waals surface area (Å²) in [6, 6.07) is 7.64. The number of imidazole rings is 1. The highest BCUT2D eigenvalue weighted by Gasteiger charge is 1.99. The van der Waals surface area contributed by atoms with Crippen LogP contribution in [0, 0.1) is 11.8 Å². The Morgan fingerprint density at radius 2 is 2.10 bits per heavy atom. The van der Waals surface area contributed by atoms with Crippen LogP contribution in [0.4, 0.5) is 0 Å². The van der Waals surface area contributed by atoms with Crippen LogP contribution in [0.5, 0.6) is 5.75 Å². The summed E-state index contributed by atoms with van der Waals surface area (Å²) in [5.41, 5.74) is 0.926. The van der Waals surface area contributed by atoms with Gasteiger partial charge in [0.05, 0.1) is 13.2 Å². The second-order valence-corrected chi connectivity index (χ2v) is 4.35. The number of ether oxygens (including phenoxy) is 1. The molecule has 0 saturated heterocycles. The third-order valence-corrected chi connectivity index (χ3v) is 2.84. The SMILES string of the molecule is Cn1ccnc1CCOc1ccc(C#CCCO)cc1. The molecule has 0 fully saturated rings. The van der Waals surface area contributed by atoms with Crippen LogP contribution in [-0.2, 0) is 13.5 Å². The van der Waals surface area contributed by atoms with Gasteiger partial charge in [-0.2, -0.15) is 0 Å². The van der Waals surface area contributed by atoms with E-state index < -0.39 is 0 Å². The molecule has 0 amide bonds. The summed E-state index contributed by atoms with van der Waals surface area (Å²) in [4.78, 5) is 4.25. The molecule has 104 valence electrons. The van der Waals surface area contributed by atoms with Crippen molar-refractivity contribution in [2.24, 2.45) is 7.05 Å². The summed E-state index contributed by atoms with van der Waals surface area (Å²) in [6.45, 7) is 0.696. The van der Waals surface area contributed by atoms with Gasteiger partial charge in [0.15, 0.2) is 0 Å². The third kappa shape index (κ3) is 4.15. The quantitative estimate of drug-likeness (QED) is 0.842. The monoisotopic (exact) mass is 270 g/mol. The van der Waals surface area contributed by atoms with Crippen molar-refractivity contribution in [3.8, 4) is 17.6 Å². The first kappa shape index (κ1) is 14.2. The van der Waals surface area contributed by atoms with E-state index in [1.807, 2.05) is 42.1 Å². The Kier molecular flexibility index (Phi) is 5.22. The van der Waals surface area contributed by atoms with E-state index in [0.717, 1.165) is 23.6 Å². The second-order valence-electron chi connectivity index (χ2n) is 4.35.